The lowest BCUT2D eigenvalue weighted by Gasteiger charge is -2.41. The molecule has 0 heterocycles. The Bertz CT molecular complexity index is 102. The summed E-state index contributed by atoms with van der Waals surface area (Å²) < 4.78 is 0.480. The van der Waals surface area contributed by atoms with Crippen molar-refractivity contribution in [2.45, 2.75) is 43.1 Å². The first-order chi connectivity index (χ1) is 4.68. The van der Waals surface area contributed by atoms with Gasteiger partial charge in [0, 0.05) is 11.3 Å². The second-order valence-electron chi connectivity index (χ2n) is 3.41. The topological polar surface area (TPSA) is 26.0 Å². The average molecular weight is 159 g/mol. The van der Waals surface area contributed by atoms with Gasteiger partial charge < -0.3 is 5.73 Å². The smallest absolute Gasteiger partial charge is 0.0284 e. The molecule has 0 saturated heterocycles. The second kappa shape index (κ2) is 3.14. The number of nitrogens with two attached hydrogens (primary N) is 1. The Kier molecular flexibility index (Phi) is 2.64. The fourth-order valence-electron chi connectivity index (χ4n) is 1.44. The van der Waals surface area contributed by atoms with Crippen LogP contribution < -0.4 is 5.73 Å². The number of hydrogen-bond donors (Lipinski definition) is 1. The molecule has 0 radical (unpaired) electrons. The van der Waals surface area contributed by atoms with Crippen LogP contribution in [0, 0.1) is 0 Å². The van der Waals surface area contributed by atoms with E-state index in [1.165, 1.54) is 19.3 Å². The van der Waals surface area contributed by atoms with Gasteiger partial charge >= 0.3 is 0 Å². The summed E-state index contributed by atoms with van der Waals surface area (Å²) in [6, 6.07) is 0. The van der Waals surface area contributed by atoms with E-state index in [0.29, 0.717) is 4.75 Å². The van der Waals surface area contributed by atoms with E-state index in [0.717, 1.165) is 11.8 Å². The van der Waals surface area contributed by atoms with Gasteiger partial charge in [0.25, 0.3) is 0 Å². The molecule has 0 aliphatic heterocycles. The van der Waals surface area contributed by atoms with Crippen LogP contribution in [0.4, 0.5) is 0 Å². The summed E-state index contributed by atoms with van der Waals surface area (Å²) in [5.41, 5.74) is 5.70. The van der Waals surface area contributed by atoms with Crippen LogP contribution in [0.5, 0.6) is 0 Å². The molecule has 1 saturated carbocycles. The summed E-state index contributed by atoms with van der Waals surface area (Å²) >= 11 is 2.06. The number of hydrogen-bond acceptors (Lipinski definition) is 2. The van der Waals surface area contributed by atoms with E-state index in [9.17, 15) is 0 Å². The van der Waals surface area contributed by atoms with Gasteiger partial charge in [-0.3, -0.25) is 0 Å². The van der Waals surface area contributed by atoms with Crippen molar-refractivity contribution in [2.24, 2.45) is 5.73 Å². The molecule has 1 fully saturated rings. The molecule has 0 spiro atoms. The van der Waals surface area contributed by atoms with E-state index in [2.05, 4.69) is 25.6 Å². The molecule has 0 bridgehead atoms. The van der Waals surface area contributed by atoms with E-state index >= 15 is 0 Å². The lowest BCUT2D eigenvalue weighted by atomic mass is 9.84. The Morgan fingerprint density at radius 1 is 1.50 bits per heavy atom. The van der Waals surface area contributed by atoms with Crippen molar-refractivity contribution in [3.05, 3.63) is 0 Å². The average Bonchev–Trinajstić information content (AvgIpc) is 1.78. The molecule has 1 rings (SSSR count). The lowest BCUT2D eigenvalue weighted by molar-refractivity contribution is 0.370. The van der Waals surface area contributed by atoms with Crippen molar-refractivity contribution >= 4 is 11.8 Å². The fourth-order valence-corrected chi connectivity index (χ4v) is 3.06. The van der Waals surface area contributed by atoms with Gasteiger partial charge in [-0.2, -0.15) is 11.8 Å². The Labute approximate surface area is 67.8 Å². The molecule has 1 nitrogen and oxygen atoms in total. The van der Waals surface area contributed by atoms with E-state index in [1.54, 1.807) is 0 Å². The van der Waals surface area contributed by atoms with Crippen LogP contribution in [0.2, 0.25) is 0 Å². The molecule has 10 heavy (non-hydrogen) atoms. The van der Waals surface area contributed by atoms with Crippen LogP contribution in [0.1, 0.15) is 33.1 Å². The van der Waals surface area contributed by atoms with Crippen LogP contribution >= 0.6 is 11.8 Å². The maximum absolute atomic E-state index is 5.70. The Morgan fingerprint density at radius 3 is 2.20 bits per heavy atom. The zero-order valence-electron chi connectivity index (χ0n) is 6.89. The SMILES string of the molecule is CC(C)SC1(CN)CCC1. The van der Waals surface area contributed by atoms with Gasteiger partial charge in [-0.25, -0.2) is 0 Å². The summed E-state index contributed by atoms with van der Waals surface area (Å²) in [7, 11) is 0. The molecule has 0 atom stereocenters. The maximum atomic E-state index is 5.70. The monoisotopic (exact) mass is 159 g/mol. The molecular weight excluding hydrogens is 142 g/mol. The third-order valence-electron chi connectivity index (χ3n) is 2.12. The highest BCUT2D eigenvalue weighted by atomic mass is 32.2. The van der Waals surface area contributed by atoms with Crippen molar-refractivity contribution in [1.29, 1.82) is 0 Å². The fraction of sp³-hybridized carbons (Fsp3) is 1.00. The van der Waals surface area contributed by atoms with E-state index in [4.69, 9.17) is 5.73 Å². The minimum absolute atomic E-state index is 0.480. The first-order valence-corrected chi connectivity index (χ1v) is 4.94. The Hall–Kier alpha value is 0.310. The minimum atomic E-state index is 0.480. The molecule has 1 aliphatic carbocycles. The zero-order valence-corrected chi connectivity index (χ0v) is 7.71. The second-order valence-corrected chi connectivity index (χ2v) is 5.45. The zero-order chi connectivity index (χ0) is 7.61. The van der Waals surface area contributed by atoms with E-state index < -0.39 is 0 Å². The quantitative estimate of drug-likeness (QED) is 0.681. The summed E-state index contributed by atoms with van der Waals surface area (Å²) in [5.74, 6) is 0. The van der Waals surface area contributed by atoms with Gasteiger partial charge in [-0.15, -0.1) is 0 Å². The Balaban J connectivity index is 2.33. The van der Waals surface area contributed by atoms with Crippen molar-refractivity contribution in [3.8, 4) is 0 Å². The summed E-state index contributed by atoms with van der Waals surface area (Å²) in [4.78, 5) is 0. The molecule has 0 aromatic carbocycles. The van der Waals surface area contributed by atoms with Gasteiger partial charge in [0.05, 0.1) is 0 Å². The highest BCUT2D eigenvalue weighted by Crippen LogP contribution is 2.44. The summed E-state index contributed by atoms with van der Waals surface area (Å²) in [5, 5.41) is 0.740. The molecule has 2 heteroatoms. The molecule has 0 amide bonds. The molecule has 2 N–H and O–H groups in total. The maximum Gasteiger partial charge on any atom is 0.0284 e. The molecule has 0 aromatic heterocycles. The van der Waals surface area contributed by atoms with E-state index in [-0.39, 0.29) is 0 Å². The van der Waals surface area contributed by atoms with Crippen molar-refractivity contribution < 1.29 is 0 Å². The van der Waals surface area contributed by atoms with Crippen molar-refractivity contribution in [2.75, 3.05) is 6.54 Å². The van der Waals surface area contributed by atoms with Crippen LogP contribution in [0.3, 0.4) is 0 Å². The highest BCUT2D eigenvalue weighted by Gasteiger charge is 2.36. The molecule has 60 valence electrons. The number of thioether (sulfide) groups is 1. The third kappa shape index (κ3) is 1.67. The first-order valence-electron chi connectivity index (χ1n) is 4.06. The van der Waals surface area contributed by atoms with Crippen molar-refractivity contribution in [1.82, 2.24) is 0 Å². The predicted molar refractivity (Wildman–Crippen MR) is 48.4 cm³/mol. The third-order valence-corrected chi connectivity index (χ3v) is 3.67. The molecular formula is C8H17NS. The predicted octanol–water partition coefficient (Wildman–Crippen LogP) is 2.01. The Morgan fingerprint density at radius 2 is 2.10 bits per heavy atom. The highest BCUT2D eigenvalue weighted by molar-refractivity contribution is 8.01. The van der Waals surface area contributed by atoms with Gasteiger partial charge in [0.2, 0.25) is 0 Å². The van der Waals surface area contributed by atoms with Crippen LogP contribution in [-0.4, -0.2) is 16.5 Å². The largest absolute Gasteiger partial charge is 0.329 e. The number of rotatable bonds is 3. The van der Waals surface area contributed by atoms with Gasteiger partial charge in [-0.1, -0.05) is 20.3 Å². The van der Waals surface area contributed by atoms with Crippen LogP contribution in [-0.2, 0) is 0 Å². The standard InChI is InChI=1S/C8H17NS/c1-7(2)10-8(6-9)4-3-5-8/h7H,3-6,9H2,1-2H3. The van der Waals surface area contributed by atoms with Gasteiger partial charge in [0.1, 0.15) is 0 Å². The first kappa shape index (κ1) is 8.41. The van der Waals surface area contributed by atoms with Crippen LogP contribution in [0.15, 0.2) is 0 Å². The molecule has 1 aliphatic rings. The molecule has 0 aromatic rings. The summed E-state index contributed by atoms with van der Waals surface area (Å²) in [6.07, 6.45) is 4.07. The lowest BCUT2D eigenvalue weighted by Crippen LogP contribution is -2.42. The van der Waals surface area contributed by atoms with Crippen molar-refractivity contribution in [3.63, 3.8) is 0 Å². The molecule has 0 unspecified atom stereocenters. The summed E-state index contributed by atoms with van der Waals surface area (Å²) in [6.45, 7) is 5.37. The van der Waals surface area contributed by atoms with Gasteiger partial charge in [-0.05, 0) is 18.1 Å². The minimum Gasteiger partial charge on any atom is -0.329 e. The normalized spacial score (nSPS) is 22.8. The van der Waals surface area contributed by atoms with Gasteiger partial charge in [0.15, 0.2) is 0 Å². The van der Waals surface area contributed by atoms with E-state index in [1.807, 2.05) is 0 Å². The van der Waals surface area contributed by atoms with Crippen LogP contribution in [0.25, 0.3) is 0 Å².